The minimum absolute atomic E-state index is 0.0230. The molecule has 0 saturated heterocycles. The van der Waals surface area contributed by atoms with Crippen LogP contribution in [0.2, 0.25) is 0 Å². The van der Waals surface area contributed by atoms with Gasteiger partial charge in [-0.15, -0.1) is 29.8 Å². The molecular formula is C35H35ClN2OPt. The second-order valence-electron chi connectivity index (χ2n) is 12.0. The van der Waals surface area contributed by atoms with E-state index in [1.54, 1.807) is 25.9 Å². The van der Waals surface area contributed by atoms with Gasteiger partial charge in [-0.1, -0.05) is 90.1 Å². The van der Waals surface area contributed by atoms with Crippen LogP contribution in [0, 0.1) is 6.07 Å². The van der Waals surface area contributed by atoms with Crippen LogP contribution in [-0.2, 0) is 29.6 Å². The topological polar surface area (TPSA) is 35.0 Å². The van der Waals surface area contributed by atoms with Crippen LogP contribution in [0.25, 0.3) is 44.5 Å². The van der Waals surface area contributed by atoms with Gasteiger partial charge in [0.25, 0.3) is 0 Å². The van der Waals surface area contributed by atoms with E-state index in [1.807, 2.05) is 30.5 Å². The summed E-state index contributed by atoms with van der Waals surface area (Å²) in [6, 6.07) is 30.8. The zero-order chi connectivity index (χ0) is 29.1. The van der Waals surface area contributed by atoms with E-state index in [9.17, 15) is 0 Å². The minimum atomic E-state index is 0.0230. The summed E-state index contributed by atoms with van der Waals surface area (Å²) >= 11 is 1.61. The van der Waals surface area contributed by atoms with Crippen molar-refractivity contribution in [2.24, 2.45) is 0 Å². The van der Waals surface area contributed by atoms with Crippen molar-refractivity contribution in [3.63, 3.8) is 0 Å². The fraction of sp³-hybridized carbons (Fsp3) is 0.257. The SMILES string of the molecule is COc1cc[c-]c(-c2cc(-c3cc(C(C)(C)C)cc(C(C)(C)C)c3)cc(-c3cc4ccccc4cn3)n2)c1.[Cl][Pt+]. The molecular weight excluding hydrogens is 695 g/mol. The van der Waals surface area contributed by atoms with Crippen LogP contribution in [0.3, 0.4) is 0 Å². The van der Waals surface area contributed by atoms with Gasteiger partial charge in [0, 0.05) is 17.3 Å². The third-order valence-electron chi connectivity index (χ3n) is 7.00. The Morgan fingerprint density at radius 3 is 1.93 bits per heavy atom. The van der Waals surface area contributed by atoms with Crippen molar-refractivity contribution < 1.29 is 23.5 Å². The summed E-state index contributed by atoms with van der Waals surface area (Å²) in [5, 5.41) is 2.25. The van der Waals surface area contributed by atoms with Crippen LogP contribution in [0.15, 0.2) is 85.1 Å². The second-order valence-corrected chi connectivity index (χ2v) is 12.0. The number of methoxy groups -OCH3 is 1. The van der Waals surface area contributed by atoms with Gasteiger partial charge in [-0.2, -0.15) is 0 Å². The van der Waals surface area contributed by atoms with Crippen molar-refractivity contribution in [1.82, 2.24) is 9.97 Å². The van der Waals surface area contributed by atoms with Gasteiger partial charge in [-0.25, -0.2) is 0 Å². The number of rotatable bonds is 4. The monoisotopic (exact) mass is 729 g/mol. The van der Waals surface area contributed by atoms with Crippen LogP contribution in [0.4, 0.5) is 0 Å². The zero-order valence-electron chi connectivity index (χ0n) is 24.1. The van der Waals surface area contributed by atoms with E-state index in [2.05, 4.69) is 112 Å². The van der Waals surface area contributed by atoms with Gasteiger partial charge < -0.3 is 4.74 Å². The number of ether oxygens (including phenoxy) is 1. The maximum atomic E-state index is 5.50. The number of halogens is 1. The van der Waals surface area contributed by atoms with Crippen LogP contribution >= 0.6 is 9.42 Å². The molecule has 0 bridgehead atoms. The molecule has 0 saturated carbocycles. The van der Waals surface area contributed by atoms with E-state index in [-0.39, 0.29) is 10.8 Å². The van der Waals surface area contributed by atoms with Crippen molar-refractivity contribution in [2.45, 2.75) is 52.4 Å². The summed E-state index contributed by atoms with van der Waals surface area (Å²) in [6.45, 7) is 13.6. The van der Waals surface area contributed by atoms with Crippen LogP contribution in [-0.4, -0.2) is 17.1 Å². The van der Waals surface area contributed by atoms with Gasteiger partial charge in [0.05, 0.1) is 18.5 Å². The zero-order valence-corrected chi connectivity index (χ0v) is 27.1. The third kappa shape index (κ3) is 6.82. The molecule has 5 aromatic rings. The molecule has 5 rings (SSSR count). The van der Waals surface area contributed by atoms with Gasteiger partial charge in [-0.05, 0) is 56.3 Å². The van der Waals surface area contributed by atoms with E-state index >= 15 is 0 Å². The van der Waals surface area contributed by atoms with Crippen LogP contribution in [0.5, 0.6) is 5.75 Å². The summed E-state index contributed by atoms with van der Waals surface area (Å²) in [5.74, 6) is 0.779. The molecule has 2 aromatic heterocycles. The molecule has 0 atom stereocenters. The Morgan fingerprint density at radius 1 is 0.700 bits per heavy atom. The number of hydrogen-bond acceptors (Lipinski definition) is 3. The molecule has 40 heavy (non-hydrogen) atoms. The first-order valence-electron chi connectivity index (χ1n) is 13.2. The van der Waals surface area contributed by atoms with E-state index in [0.29, 0.717) is 0 Å². The fourth-order valence-corrected chi connectivity index (χ4v) is 4.57. The summed E-state index contributed by atoms with van der Waals surface area (Å²) in [4.78, 5) is 9.87. The van der Waals surface area contributed by atoms with E-state index in [1.165, 1.54) is 16.7 Å². The molecule has 0 fully saturated rings. The Morgan fingerprint density at radius 2 is 1.30 bits per heavy atom. The first-order chi connectivity index (χ1) is 19.0. The normalized spacial score (nSPS) is 11.7. The molecule has 0 radical (unpaired) electrons. The van der Waals surface area contributed by atoms with Crippen molar-refractivity contribution in [2.75, 3.05) is 7.11 Å². The van der Waals surface area contributed by atoms with Crippen molar-refractivity contribution in [3.8, 4) is 39.5 Å². The molecule has 3 nitrogen and oxygen atoms in total. The molecule has 208 valence electrons. The molecule has 0 aliphatic carbocycles. The van der Waals surface area contributed by atoms with Gasteiger partial charge in [0.2, 0.25) is 0 Å². The average molecular weight is 730 g/mol. The van der Waals surface area contributed by atoms with Crippen LogP contribution < -0.4 is 4.74 Å². The number of aromatic nitrogens is 2. The van der Waals surface area contributed by atoms with Crippen molar-refractivity contribution in [3.05, 3.63) is 102 Å². The number of pyridine rings is 2. The van der Waals surface area contributed by atoms with Crippen molar-refractivity contribution in [1.29, 1.82) is 0 Å². The standard InChI is InChI=1S/C35H35N2O.ClH.Pt/c1-34(2,3)28-15-26(16-29(21-28)35(4,5)6)27-19-31(24-13-10-14-30(17-24)38-7)37-33(20-27)32-18-23-11-8-9-12-25(23)22-36-32;;/h8-12,14-22H,1-7H3;1H;/q-1;;+2/p-1. The van der Waals surface area contributed by atoms with Gasteiger partial charge in [0.1, 0.15) is 0 Å². The summed E-state index contributed by atoms with van der Waals surface area (Å²) in [6.07, 6.45) is 1.92. The Kier molecular flexibility index (Phi) is 9.18. The quantitative estimate of drug-likeness (QED) is 0.173. The van der Waals surface area contributed by atoms with E-state index in [0.717, 1.165) is 44.7 Å². The second kappa shape index (κ2) is 12.2. The molecule has 5 heteroatoms. The first kappa shape index (κ1) is 30.0. The first-order valence-corrected chi connectivity index (χ1v) is 16.0. The molecule has 0 aliphatic heterocycles. The molecule has 0 spiro atoms. The summed E-state index contributed by atoms with van der Waals surface area (Å²) in [5.41, 5.74) is 8.36. The predicted octanol–water partition coefficient (Wildman–Crippen LogP) is 9.72. The third-order valence-corrected chi connectivity index (χ3v) is 7.00. The number of nitrogens with zero attached hydrogens (tertiary/aromatic N) is 2. The van der Waals surface area contributed by atoms with E-state index in [4.69, 9.17) is 14.7 Å². The molecule has 0 aliphatic rings. The Balaban J connectivity index is 0.00000181. The number of hydrogen-bond donors (Lipinski definition) is 0. The van der Waals surface area contributed by atoms with Gasteiger partial charge in [0.15, 0.2) is 0 Å². The van der Waals surface area contributed by atoms with Crippen molar-refractivity contribution >= 4 is 20.2 Å². The molecule has 0 N–H and O–H groups in total. The molecule has 0 unspecified atom stereocenters. The fourth-order valence-electron chi connectivity index (χ4n) is 4.57. The van der Waals surface area contributed by atoms with Gasteiger partial charge in [-0.3, -0.25) is 9.97 Å². The summed E-state index contributed by atoms with van der Waals surface area (Å²) < 4.78 is 5.50. The van der Waals surface area contributed by atoms with Crippen LogP contribution in [0.1, 0.15) is 52.7 Å². The average Bonchev–Trinajstić information content (AvgIpc) is 2.96. The predicted molar refractivity (Wildman–Crippen MR) is 164 cm³/mol. The molecule has 0 amide bonds. The van der Waals surface area contributed by atoms with Gasteiger partial charge >= 0.3 is 28.2 Å². The maximum absolute atomic E-state index is 5.50. The van der Waals surface area contributed by atoms with E-state index < -0.39 is 0 Å². The Labute approximate surface area is 253 Å². The molecule has 3 aromatic carbocycles. The number of fused-ring (bicyclic) bond motifs is 1. The molecule has 2 heterocycles. The Hall–Kier alpha value is -3.00. The summed E-state index contributed by atoms with van der Waals surface area (Å²) in [7, 11) is 6.29. The Bertz CT molecular complexity index is 1600. The number of benzene rings is 3.